The first-order valence-electron chi connectivity index (χ1n) is 11.6. The van der Waals surface area contributed by atoms with Gasteiger partial charge in [0, 0.05) is 10.5 Å². The number of nitrogens with zero attached hydrogens (tertiary/aromatic N) is 7. The van der Waals surface area contributed by atoms with Gasteiger partial charge in [0.2, 0.25) is 0 Å². The van der Waals surface area contributed by atoms with E-state index < -0.39 is 32.8 Å². The number of carbonyl (C=O) groups is 1. The highest BCUT2D eigenvalue weighted by molar-refractivity contribution is 6.74. The van der Waals surface area contributed by atoms with E-state index in [1.165, 1.54) is 12.7 Å². The Balaban J connectivity index is 1.73. The Hall–Kier alpha value is -3.35. The summed E-state index contributed by atoms with van der Waals surface area (Å²) in [7, 11) is -2.34. The van der Waals surface area contributed by atoms with Gasteiger partial charge in [-0.3, -0.25) is 9.36 Å². The Kier molecular flexibility index (Phi) is 7.11. The Morgan fingerprint density at radius 3 is 2.64 bits per heavy atom. The number of nitrogens with one attached hydrogen (secondary N) is 1. The van der Waals surface area contributed by atoms with Crippen LogP contribution in [0.3, 0.4) is 0 Å². The SMILES string of the molecule is CC(C)(C)[Si](C)(C)OC1C(N=[N+]=[N-])C(CO)OC1n1cnc2c(NC(=O)c3ccccc3)ncnc21. The van der Waals surface area contributed by atoms with Crippen molar-refractivity contribution in [3.63, 3.8) is 0 Å². The number of ether oxygens (including phenoxy) is 1. The van der Waals surface area contributed by atoms with E-state index in [0.717, 1.165) is 0 Å². The zero-order valence-corrected chi connectivity index (χ0v) is 21.9. The highest BCUT2D eigenvalue weighted by Crippen LogP contribution is 2.43. The molecular weight excluding hydrogens is 480 g/mol. The summed E-state index contributed by atoms with van der Waals surface area (Å²) in [5, 5.41) is 16.6. The molecule has 190 valence electrons. The number of imidazole rings is 1. The van der Waals surface area contributed by atoms with Crippen LogP contribution in [0.2, 0.25) is 18.1 Å². The Bertz CT molecular complexity index is 1290. The second-order valence-corrected chi connectivity index (χ2v) is 14.9. The Morgan fingerprint density at radius 1 is 1.28 bits per heavy atom. The zero-order valence-electron chi connectivity index (χ0n) is 20.9. The highest BCUT2D eigenvalue weighted by Gasteiger charge is 2.50. The molecule has 1 saturated heterocycles. The molecule has 0 aliphatic carbocycles. The Morgan fingerprint density at radius 2 is 2.00 bits per heavy atom. The van der Waals surface area contributed by atoms with E-state index in [1.54, 1.807) is 28.8 Å². The predicted octanol–water partition coefficient (Wildman–Crippen LogP) is 4.04. The highest BCUT2D eigenvalue weighted by atomic mass is 28.4. The molecule has 4 unspecified atom stereocenters. The molecule has 1 aliphatic rings. The fraction of sp³-hybridized carbons (Fsp3) is 0.478. The van der Waals surface area contributed by atoms with Gasteiger partial charge in [-0.1, -0.05) is 44.1 Å². The van der Waals surface area contributed by atoms with Crippen LogP contribution in [-0.2, 0) is 9.16 Å². The summed E-state index contributed by atoms with van der Waals surface area (Å²) in [5.74, 6) is -0.0806. The van der Waals surface area contributed by atoms with Gasteiger partial charge in [0.25, 0.3) is 5.91 Å². The van der Waals surface area contributed by atoms with E-state index in [4.69, 9.17) is 9.16 Å². The number of benzene rings is 1. The van der Waals surface area contributed by atoms with Gasteiger partial charge in [-0.05, 0) is 35.8 Å². The predicted molar refractivity (Wildman–Crippen MR) is 136 cm³/mol. The molecule has 36 heavy (non-hydrogen) atoms. The van der Waals surface area contributed by atoms with Crippen molar-refractivity contribution in [2.75, 3.05) is 11.9 Å². The minimum Gasteiger partial charge on any atom is -0.409 e. The number of aromatic nitrogens is 4. The maximum absolute atomic E-state index is 12.7. The first-order chi connectivity index (χ1) is 17.1. The third-order valence-electron chi connectivity index (χ3n) is 6.82. The molecule has 4 atom stereocenters. The molecule has 0 radical (unpaired) electrons. The van der Waals surface area contributed by atoms with E-state index in [0.29, 0.717) is 16.7 Å². The van der Waals surface area contributed by atoms with Gasteiger partial charge in [0.1, 0.15) is 12.4 Å². The van der Waals surface area contributed by atoms with Crippen molar-refractivity contribution in [3.8, 4) is 0 Å². The van der Waals surface area contributed by atoms with Gasteiger partial charge in [-0.15, -0.1) is 0 Å². The quantitative estimate of drug-likeness (QED) is 0.210. The van der Waals surface area contributed by atoms with E-state index in [2.05, 4.69) is 64.2 Å². The number of aliphatic hydroxyl groups is 1. The van der Waals surface area contributed by atoms with Crippen molar-refractivity contribution < 1.29 is 19.1 Å². The minimum atomic E-state index is -2.34. The summed E-state index contributed by atoms with van der Waals surface area (Å²) in [6.07, 6.45) is 0.626. The summed E-state index contributed by atoms with van der Waals surface area (Å²) in [6.45, 7) is 10.2. The number of azide groups is 1. The zero-order chi connectivity index (χ0) is 26.1. The standard InChI is InChI=1S/C23H30N8O4Si/c1-23(2,3)36(4,5)35-18-16(29-30-24)15(11-32)34-22(18)31-13-27-17-19(25-12-26-20(17)31)28-21(33)14-9-7-6-8-10-14/h6-10,12-13,15-16,18,22,32H,11H2,1-5H3,(H,25,26,28,33). The van der Waals surface area contributed by atoms with Crippen molar-refractivity contribution in [1.29, 1.82) is 0 Å². The molecule has 1 fully saturated rings. The summed E-state index contributed by atoms with van der Waals surface area (Å²) in [4.78, 5) is 28.7. The monoisotopic (exact) mass is 510 g/mol. The summed E-state index contributed by atoms with van der Waals surface area (Å²) < 4.78 is 14.5. The van der Waals surface area contributed by atoms with E-state index >= 15 is 0 Å². The van der Waals surface area contributed by atoms with Crippen LogP contribution in [0.25, 0.3) is 21.6 Å². The third kappa shape index (κ3) is 4.83. The van der Waals surface area contributed by atoms with Crippen LogP contribution < -0.4 is 5.32 Å². The molecule has 4 rings (SSSR count). The van der Waals surface area contributed by atoms with Crippen molar-refractivity contribution in [2.24, 2.45) is 5.11 Å². The maximum Gasteiger partial charge on any atom is 0.256 e. The molecule has 12 nitrogen and oxygen atoms in total. The van der Waals surface area contributed by atoms with Gasteiger partial charge < -0.3 is 19.6 Å². The lowest BCUT2D eigenvalue weighted by molar-refractivity contribution is -0.0462. The van der Waals surface area contributed by atoms with Crippen LogP contribution in [0.15, 0.2) is 48.1 Å². The second kappa shape index (κ2) is 9.95. The topological polar surface area (TPSA) is 160 Å². The van der Waals surface area contributed by atoms with Crippen molar-refractivity contribution in [3.05, 3.63) is 59.0 Å². The van der Waals surface area contributed by atoms with Crippen LogP contribution in [0.1, 0.15) is 37.4 Å². The number of rotatable bonds is 7. The molecular formula is C23H30N8O4Si. The number of hydrogen-bond acceptors (Lipinski definition) is 8. The normalized spacial score (nSPS) is 22.4. The fourth-order valence-electron chi connectivity index (χ4n) is 3.84. The van der Waals surface area contributed by atoms with Crippen molar-refractivity contribution in [1.82, 2.24) is 19.5 Å². The maximum atomic E-state index is 12.7. The number of fused-ring (bicyclic) bond motifs is 1. The largest absolute Gasteiger partial charge is 0.409 e. The molecule has 2 N–H and O–H groups in total. The molecule has 0 spiro atoms. The van der Waals surface area contributed by atoms with Gasteiger partial charge in [-0.2, -0.15) is 0 Å². The number of aliphatic hydroxyl groups excluding tert-OH is 1. The molecule has 2 aromatic heterocycles. The summed E-state index contributed by atoms with van der Waals surface area (Å²) >= 11 is 0. The lowest BCUT2D eigenvalue weighted by atomic mass is 10.1. The fourth-order valence-corrected chi connectivity index (χ4v) is 5.13. The Labute approximate surface area is 209 Å². The molecule has 3 aromatic rings. The van der Waals surface area contributed by atoms with Crippen molar-refractivity contribution >= 4 is 31.2 Å². The van der Waals surface area contributed by atoms with Crippen molar-refractivity contribution in [2.45, 2.75) is 63.4 Å². The van der Waals surface area contributed by atoms with E-state index in [9.17, 15) is 15.4 Å². The van der Waals surface area contributed by atoms with Crippen LogP contribution in [0, 0.1) is 0 Å². The molecule has 1 amide bonds. The molecule has 1 aromatic carbocycles. The smallest absolute Gasteiger partial charge is 0.256 e. The number of anilines is 1. The summed E-state index contributed by atoms with van der Waals surface area (Å²) in [5.41, 5.74) is 10.5. The minimum absolute atomic E-state index is 0.121. The number of carbonyl (C=O) groups excluding carboxylic acids is 1. The van der Waals surface area contributed by atoms with E-state index in [-0.39, 0.29) is 23.4 Å². The molecule has 3 heterocycles. The molecule has 1 aliphatic heterocycles. The van der Waals surface area contributed by atoms with Gasteiger partial charge in [-0.25, -0.2) is 15.0 Å². The lowest BCUT2D eigenvalue weighted by Gasteiger charge is -2.40. The van der Waals surface area contributed by atoms with Gasteiger partial charge in [0.05, 0.1) is 25.1 Å². The van der Waals surface area contributed by atoms with Gasteiger partial charge in [0.15, 0.2) is 31.5 Å². The number of hydrogen-bond donors (Lipinski definition) is 2. The van der Waals surface area contributed by atoms with Crippen LogP contribution in [0.5, 0.6) is 0 Å². The van der Waals surface area contributed by atoms with Crippen LogP contribution in [0.4, 0.5) is 5.82 Å². The first-order valence-corrected chi connectivity index (χ1v) is 14.5. The third-order valence-corrected chi connectivity index (χ3v) is 11.3. The second-order valence-electron chi connectivity index (χ2n) is 10.2. The lowest BCUT2D eigenvalue weighted by Crippen LogP contribution is -2.48. The molecule has 13 heteroatoms. The summed E-state index contributed by atoms with van der Waals surface area (Å²) in [6, 6.07) is 8.02. The van der Waals surface area contributed by atoms with Crippen LogP contribution in [-0.4, -0.2) is 63.7 Å². The first kappa shape index (κ1) is 25.7. The van der Waals surface area contributed by atoms with E-state index in [1.807, 2.05) is 6.07 Å². The molecule has 0 saturated carbocycles. The average molecular weight is 511 g/mol. The average Bonchev–Trinajstić information content (AvgIpc) is 3.41. The van der Waals surface area contributed by atoms with Crippen LogP contribution >= 0.6 is 0 Å². The molecule has 0 bridgehead atoms. The number of amides is 1. The van der Waals surface area contributed by atoms with Gasteiger partial charge >= 0.3 is 0 Å².